The van der Waals surface area contributed by atoms with Gasteiger partial charge in [0.05, 0.1) is 23.9 Å². The lowest BCUT2D eigenvalue weighted by Crippen LogP contribution is -2.49. The lowest BCUT2D eigenvalue weighted by atomic mass is 9.95. The molecule has 2 aliphatic heterocycles. The van der Waals surface area contributed by atoms with Crippen molar-refractivity contribution < 1.29 is 23.9 Å². The van der Waals surface area contributed by atoms with Crippen LogP contribution < -0.4 is 15.4 Å². The predicted octanol–water partition coefficient (Wildman–Crippen LogP) is 3.47. The Hall–Kier alpha value is -3.81. The van der Waals surface area contributed by atoms with Crippen molar-refractivity contribution in [2.24, 2.45) is 0 Å². The molecule has 0 bridgehead atoms. The smallest absolute Gasteiger partial charge is 0.338 e. The summed E-state index contributed by atoms with van der Waals surface area (Å²) in [5.74, 6) is -0.290. The molecule has 0 fully saturated rings. The topological polar surface area (TPSA) is 97.0 Å². The normalized spacial score (nSPS) is 17.4. The lowest BCUT2D eigenvalue weighted by molar-refractivity contribution is -0.136. The fourth-order valence-electron chi connectivity index (χ4n) is 4.24. The van der Waals surface area contributed by atoms with Gasteiger partial charge in [-0.25, -0.2) is 9.59 Å². The predicted molar refractivity (Wildman–Crippen MR) is 123 cm³/mol. The number of cyclic esters (lactones) is 1. The van der Waals surface area contributed by atoms with Gasteiger partial charge in [0.25, 0.3) is 0 Å². The van der Waals surface area contributed by atoms with Crippen molar-refractivity contribution in [1.82, 2.24) is 10.2 Å². The number of nitrogens with one attached hydrogen (secondary N) is 2. The highest BCUT2D eigenvalue weighted by atomic mass is 16.5. The number of carbonyl (C=O) groups is 3. The first-order valence-electron chi connectivity index (χ1n) is 11.0. The van der Waals surface area contributed by atoms with Crippen LogP contribution in [0, 0.1) is 6.92 Å². The van der Waals surface area contributed by atoms with Crippen LogP contribution in [0.25, 0.3) is 0 Å². The SMILES string of the molecule is CCOc1ccccc1[C@H]1NC(=O)N(CC(=O)Nc2c(C)cccc2CC)C2=C1C(=O)OC2. The maximum Gasteiger partial charge on any atom is 0.338 e. The molecular formula is C25H27N3O5. The Bertz CT molecular complexity index is 1140. The van der Waals surface area contributed by atoms with E-state index in [1.807, 2.05) is 51.1 Å². The molecule has 0 spiro atoms. The van der Waals surface area contributed by atoms with Crippen LogP contribution in [0.2, 0.25) is 0 Å². The number of nitrogens with zero attached hydrogens (tertiary/aromatic N) is 1. The Morgan fingerprint density at radius 2 is 1.97 bits per heavy atom. The van der Waals surface area contributed by atoms with Crippen LogP contribution in [0.1, 0.15) is 36.6 Å². The highest BCUT2D eigenvalue weighted by molar-refractivity contribution is 6.00. The van der Waals surface area contributed by atoms with E-state index >= 15 is 0 Å². The number of rotatable bonds is 7. The van der Waals surface area contributed by atoms with Crippen molar-refractivity contribution in [2.45, 2.75) is 33.2 Å². The molecular weight excluding hydrogens is 422 g/mol. The second-order valence-electron chi connectivity index (χ2n) is 7.89. The molecule has 172 valence electrons. The van der Waals surface area contributed by atoms with Gasteiger partial charge in [-0.15, -0.1) is 0 Å². The van der Waals surface area contributed by atoms with Gasteiger partial charge in [0.15, 0.2) is 0 Å². The Labute approximate surface area is 192 Å². The number of urea groups is 1. The Morgan fingerprint density at radius 3 is 2.73 bits per heavy atom. The largest absolute Gasteiger partial charge is 0.494 e. The number of para-hydroxylation sites is 2. The minimum absolute atomic E-state index is 0.0628. The van der Waals surface area contributed by atoms with Gasteiger partial charge >= 0.3 is 12.0 Å². The third kappa shape index (κ3) is 4.28. The van der Waals surface area contributed by atoms with Gasteiger partial charge in [-0.3, -0.25) is 9.69 Å². The quantitative estimate of drug-likeness (QED) is 0.631. The summed E-state index contributed by atoms with van der Waals surface area (Å²) in [6.45, 7) is 5.95. The number of ether oxygens (including phenoxy) is 2. The van der Waals surface area contributed by atoms with Crippen LogP contribution in [-0.2, 0) is 20.7 Å². The molecule has 2 aromatic carbocycles. The monoisotopic (exact) mass is 449 g/mol. The molecule has 4 rings (SSSR count). The second kappa shape index (κ2) is 9.36. The van der Waals surface area contributed by atoms with E-state index in [1.54, 1.807) is 12.1 Å². The molecule has 2 N–H and O–H groups in total. The summed E-state index contributed by atoms with van der Waals surface area (Å²) in [5, 5.41) is 5.78. The summed E-state index contributed by atoms with van der Waals surface area (Å²) in [4.78, 5) is 39.9. The summed E-state index contributed by atoms with van der Waals surface area (Å²) in [6.07, 6.45) is 0.764. The van der Waals surface area contributed by atoms with Gasteiger partial charge in [0.2, 0.25) is 5.91 Å². The molecule has 2 aromatic rings. The van der Waals surface area contributed by atoms with Crippen molar-refractivity contribution >= 4 is 23.6 Å². The first kappa shape index (κ1) is 22.4. The fraction of sp³-hybridized carbons (Fsp3) is 0.320. The third-order valence-electron chi connectivity index (χ3n) is 5.83. The summed E-state index contributed by atoms with van der Waals surface area (Å²) in [6, 6.07) is 11.9. The van der Waals surface area contributed by atoms with Gasteiger partial charge in [-0.2, -0.15) is 0 Å². The van der Waals surface area contributed by atoms with E-state index in [1.165, 1.54) is 4.90 Å². The van der Waals surface area contributed by atoms with E-state index in [-0.39, 0.29) is 19.1 Å². The summed E-state index contributed by atoms with van der Waals surface area (Å²) in [7, 11) is 0. The second-order valence-corrected chi connectivity index (χ2v) is 7.89. The van der Waals surface area contributed by atoms with Crippen molar-refractivity contribution in [3.05, 3.63) is 70.4 Å². The number of benzene rings is 2. The molecule has 2 heterocycles. The maximum atomic E-state index is 13.1. The number of amides is 3. The molecule has 8 heteroatoms. The van der Waals surface area contributed by atoms with Gasteiger partial charge in [0.1, 0.15) is 18.9 Å². The average Bonchev–Trinajstić information content (AvgIpc) is 3.19. The Morgan fingerprint density at radius 1 is 1.18 bits per heavy atom. The first-order chi connectivity index (χ1) is 15.9. The van der Waals surface area contributed by atoms with E-state index in [0.717, 1.165) is 23.2 Å². The molecule has 0 saturated carbocycles. The number of hydrogen-bond donors (Lipinski definition) is 2. The van der Waals surface area contributed by atoms with Crippen LogP contribution >= 0.6 is 0 Å². The Balaban J connectivity index is 1.63. The van der Waals surface area contributed by atoms with Gasteiger partial charge in [0, 0.05) is 11.3 Å². The minimum atomic E-state index is -0.715. The first-order valence-corrected chi connectivity index (χ1v) is 11.0. The Kier molecular flexibility index (Phi) is 6.35. The van der Waals surface area contributed by atoms with Crippen molar-refractivity contribution in [1.29, 1.82) is 0 Å². The van der Waals surface area contributed by atoms with E-state index in [4.69, 9.17) is 9.47 Å². The molecule has 3 amide bonds. The zero-order chi connectivity index (χ0) is 23.5. The zero-order valence-electron chi connectivity index (χ0n) is 18.9. The molecule has 0 unspecified atom stereocenters. The maximum absolute atomic E-state index is 13.1. The molecule has 1 atom stereocenters. The summed E-state index contributed by atoms with van der Waals surface area (Å²) in [5.41, 5.74) is 4.08. The van der Waals surface area contributed by atoms with Gasteiger partial charge in [-0.1, -0.05) is 43.3 Å². The molecule has 33 heavy (non-hydrogen) atoms. The van der Waals surface area contributed by atoms with Crippen molar-refractivity contribution in [3.8, 4) is 5.75 Å². The lowest BCUT2D eigenvalue weighted by Gasteiger charge is -2.33. The van der Waals surface area contributed by atoms with Crippen molar-refractivity contribution in [3.63, 3.8) is 0 Å². The van der Waals surface area contributed by atoms with Crippen LogP contribution in [0.15, 0.2) is 53.7 Å². The highest BCUT2D eigenvalue weighted by Gasteiger charge is 2.43. The third-order valence-corrected chi connectivity index (χ3v) is 5.83. The number of esters is 1. The molecule has 2 aliphatic rings. The minimum Gasteiger partial charge on any atom is -0.494 e. The molecule has 0 saturated heterocycles. The summed E-state index contributed by atoms with van der Waals surface area (Å²) >= 11 is 0. The van der Waals surface area contributed by atoms with E-state index < -0.39 is 18.0 Å². The van der Waals surface area contributed by atoms with Crippen LogP contribution in [0.3, 0.4) is 0 Å². The van der Waals surface area contributed by atoms with Crippen molar-refractivity contribution in [2.75, 3.05) is 25.1 Å². The number of hydrogen-bond acceptors (Lipinski definition) is 5. The van der Waals surface area contributed by atoms with Gasteiger partial charge in [-0.05, 0) is 37.5 Å². The summed E-state index contributed by atoms with van der Waals surface area (Å²) < 4.78 is 11.0. The standard InChI is InChI=1S/C25H27N3O5/c1-4-16-10-8-9-15(3)22(16)26-20(29)13-28-18-14-33-24(30)21(18)23(27-25(28)31)17-11-6-7-12-19(17)32-5-2/h6-12,23H,4-5,13-14H2,1-3H3,(H,26,29)(H,27,31)/t23-/m1/s1. The number of anilines is 1. The van der Waals surface area contributed by atoms with Gasteiger partial charge < -0.3 is 20.1 Å². The van der Waals surface area contributed by atoms with Crippen LogP contribution in [-0.4, -0.2) is 42.6 Å². The molecule has 0 radical (unpaired) electrons. The van der Waals surface area contributed by atoms with E-state index in [9.17, 15) is 14.4 Å². The number of aryl methyl sites for hydroxylation is 2. The molecule has 0 aromatic heterocycles. The molecule has 8 nitrogen and oxygen atoms in total. The van der Waals surface area contributed by atoms with Crippen LogP contribution in [0.4, 0.5) is 10.5 Å². The fourth-order valence-corrected chi connectivity index (χ4v) is 4.24. The zero-order valence-corrected chi connectivity index (χ0v) is 18.9. The van der Waals surface area contributed by atoms with E-state index in [0.29, 0.717) is 29.2 Å². The van der Waals surface area contributed by atoms with Crippen LogP contribution in [0.5, 0.6) is 5.75 Å². The highest BCUT2D eigenvalue weighted by Crippen LogP contribution is 2.38. The average molecular weight is 450 g/mol. The number of carbonyl (C=O) groups excluding carboxylic acids is 3. The van der Waals surface area contributed by atoms with E-state index in [2.05, 4.69) is 10.6 Å². The molecule has 0 aliphatic carbocycles.